The van der Waals surface area contributed by atoms with Crippen molar-refractivity contribution in [1.29, 1.82) is 0 Å². The highest BCUT2D eigenvalue weighted by Gasteiger charge is 2.35. The SMILES string of the molecule is NC(=S)c1cn([C@H]2C[C@@H](O)[C@H](CO)O2)c(=O)[nH]c1=S. The van der Waals surface area contributed by atoms with E-state index in [0.29, 0.717) is 5.56 Å². The van der Waals surface area contributed by atoms with E-state index in [1.165, 1.54) is 10.8 Å². The van der Waals surface area contributed by atoms with Crippen LogP contribution in [-0.4, -0.2) is 43.6 Å². The van der Waals surface area contributed by atoms with Crippen LogP contribution in [0.1, 0.15) is 18.2 Å². The number of ether oxygens (including phenoxy) is 1. The molecule has 0 bridgehead atoms. The standard InChI is InChI=1S/C10H13N3O4S2/c11-8(18)4-2-13(10(16)12-9(4)19)7-1-5(15)6(3-14)17-7/h2,5-7,14-15H,1,3H2,(H2,11,18)(H,12,16,19)/t5-,6+,7-/m1/s1. The average Bonchev–Trinajstić information content (AvgIpc) is 2.69. The minimum absolute atomic E-state index is 0.0623. The first-order chi connectivity index (χ1) is 8.93. The summed E-state index contributed by atoms with van der Waals surface area (Å²) < 4.78 is 6.77. The Balaban J connectivity index is 2.41. The molecule has 1 aliphatic rings. The van der Waals surface area contributed by atoms with Gasteiger partial charge in [-0.2, -0.15) is 0 Å². The number of H-pyrrole nitrogens is 1. The normalized spacial score (nSPS) is 26.5. The van der Waals surface area contributed by atoms with Crippen molar-refractivity contribution >= 4 is 29.4 Å². The van der Waals surface area contributed by atoms with Crippen LogP contribution >= 0.6 is 24.4 Å². The molecule has 3 atom stereocenters. The third kappa shape index (κ3) is 2.74. The zero-order valence-electron chi connectivity index (χ0n) is 9.78. The summed E-state index contributed by atoms with van der Waals surface area (Å²) >= 11 is 9.79. The van der Waals surface area contributed by atoms with Crippen molar-refractivity contribution in [2.24, 2.45) is 5.73 Å². The fraction of sp³-hybridized carbons (Fsp3) is 0.500. The quantitative estimate of drug-likeness (QED) is 0.540. The summed E-state index contributed by atoms with van der Waals surface area (Å²) in [4.78, 5) is 14.3. The second-order valence-electron chi connectivity index (χ2n) is 4.19. The molecule has 0 saturated carbocycles. The Morgan fingerprint density at radius 1 is 1.68 bits per heavy atom. The lowest BCUT2D eigenvalue weighted by molar-refractivity contribution is -0.0459. The van der Waals surface area contributed by atoms with Crippen molar-refractivity contribution in [2.45, 2.75) is 24.9 Å². The fourth-order valence-electron chi connectivity index (χ4n) is 1.92. The molecule has 19 heavy (non-hydrogen) atoms. The van der Waals surface area contributed by atoms with Gasteiger partial charge in [0.2, 0.25) is 0 Å². The van der Waals surface area contributed by atoms with Gasteiger partial charge in [0.25, 0.3) is 0 Å². The maximum absolute atomic E-state index is 11.8. The van der Waals surface area contributed by atoms with E-state index in [0.717, 1.165) is 0 Å². The van der Waals surface area contributed by atoms with Gasteiger partial charge < -0.3 is 20.7 Å². The molecule has 5 N–H and O–H groups in total. The maximum atomic E-state index is 11.8. The Morgan fingerprint density at radius 3 is 2.89 bits per heavy atom. The molecule has 0 aliphatic carbocycles. The second-order valence-corrected chi connectivity index (χ2v) is 5.04. The second kappa shape index (κ2) is 5.47. The van der Waals surface area contributed by atoms with Gasteiger partial charge in [-0.05, 0) is 0 Å². The summed E-state index contributed by atoms with van der Waals surface area (Å²) in [7, 11) is 0. The third-order valence-corrected chi connectivity index (χ3v) is 3.47. The van der Waals surface area contributed by atoms with Gasteiger partial charge in [0, 0.05) is 12.6 Å². The summed E-state index contributed by atoms with van der Waals surface area (Å²) in [5.74, 6) is 0. The predicted molar refractivity (Wildman–Crippen MR) is 73.4 cm³/mol. The van der Waals surface area contributed by atoms with Crippen molar-refractivity contribution < 1.29 is 14.9 Å². The lowest BCUT2D eigenvalue weighted by Crippen LogP contribution is -2.29. The topological polar surface area (TPSA) is 114 Å². The van der Waals surface area contributed by atoms with Crippen molar-refractivity contribution in [3.05, 3.63) is 26.9 Å². The van der Waals surface area contributed by atoms with Crippen LogP contribution in [0, 0.1) is 4.64 Å². The van der Waals surface area contributed by atoms with Crippen LogP contribution in [0.3, 0.4) is 0 Å². The first-order valence-electron chi connectivity index (χ1n) is 5.53. The van der Waals surface area contributed by atoms with E-state index in [4.69, 9.17) is 40.0 Å². The van der Waals surface area contributed by atoms with Crippen molar-refractivity contribution in [2.75, 3.05) is 6.61 Å². The summed E-state index contributed by atoms with van der Waals surface area (Å²) in [6.45, 7) is -0.322. The Morgan fingerprint density at radius 2 is 2.37 bits per heavy atom. The van der Waals surface area contributed by atoms with Gasteiger partial charge in [-0.3, -0.25) is 9.55 Å². The van der Waals surface area contributed by atoms with E-state index >= 15 is 0 Å². The van der Waals surface area contributed by atoms with Crippen LogP contribution < -0.4 is 11.4 Å². The highest BCUT2D eigenvalue weighted by molar-refractivity contribution is 7.80. The molecular formula is C10H13N3O4S2. The number of aliphatic hydroxyl groups excluding tert-OH is 2. The number of nitrogens with zero attached hydrogens (tertiary/aromatic N) is 1. The van der Waals surface area contributed by atoms with Crippen LogP contribution in [-0.2, 0) is 4.74 Å². The van der Waals surface area contributed by atoms with Gasteiger partial charge in [0.1, 0.15) is 22.0 Å². The number of nitrogens with one attached hydrogen (secondary N) is 1. The zero-order valence-corrected chi connectivity index (χ0v) is 11.4. The number of aliphatic hydroxyl groups is 2. The molecular weight excluding hydrogens is 290 g/mol. The van der Waals surface area contributed by atoms with Gasteiger partial charge >= 0.3 is 5.69 Å². The first-order valence-corrected chi connectivity index (χ1v) is 6.35. The number of aromatic nitrogens is 2. The third-order valence-electron chi connectivity index (χ3n) is 2.93. The van der Waals surface area contributed by atoms with Gasteiger partial charge in [0.05, 0.1) is 18.3 Å². The predicted octanol–water partition coefficient (Wildman–Crippen LogP) is -0.819. The van der Waals surface area contributed by atoms with Crippen LogP contribution in [0.15, 0.2) is 11.0 Å². The highest BCUT2D eigenvalue weighted by atomic mass is 32.1. The molecule has 1 aliphatic heterocycles. The van der Waals surface area contributed by atoms with Crippen LogP contribution in [0.25, 0.3) is 0 Å². The van der Waals surface area contributed by atoms with Crippen molar-refractivity contribution in [3.63, 3.8) is 0 Å². The smallest absolute Gasteiger partial charge is 0.328 e. The number of nitrogens with two attached hydrogens (primary N) is 1. The number of rotatable bonds is 3. The number of thiocarbonyl (C=S) groups is 1. The van der Waals surface area contributed by atoms with E-state index < -0.39 is 24.1 Å². The molecule has 0 unspecified atom stereocenters. The molecule has 7 nitrogen and oxygen atoms in total. The van der Waals surface area contributed by atoms with Gasteiger partial charge in [0.15, 0.2) is 0 Å². The van der Waals surface area contributed by atoms with Gasteiger partial charge in [-0.25, -0.2) is 4.79 Å². The van der Waals surface area contributed by atoms with Gasteiger partial charge in [-0.1, -0.05) is 24.4 Å². The molecule has 1 saturated heterocycles. The summed E-state index contributed by atoms with van der Waals surface area (Å²) in [5, 5.41) is 18.7. The maximum Gasteiger partial charge on any atom is 0.328 e. The lowest BCUT2D eigenvalue weighted by Gasteiger charge is -2.15. The minimum Gasteiger partial charge on any atom is -0.394 e. The average molecular weight is 303 g/mol. The molecule has 1 aromatic rings. The van der Waals surface area contributed by atoms with E-state index in [-0.39, 0.29) is 22.7 Å². The Kier molecular flexibility index (Phi) is 4.11. The largest absolute Gasteiger partial charge is 0.394 e. The van der Waals surface area contributed by atoms with E-state index in [1.54, 1.807) is 0 Å². The van der Waals surface area contributed by atoms with Crippen LogP contribution in [0.5, 0.6) is 0 Å². The lowest BCUT2D eigenvalue weighted by atomic mass is 10.2. The molecule has 0 radical (unpaired) electrons. The molecule has 0 aromatic carbocycles. The molecule has 0 spiro atoms. The molecule has 1 aromatic heterocycles. The van der Waals surface area contributed by atoms with Crippen molar-refractivity contribution in [3.8, 4) is 0 Å². The number of aromatic amines is 1. The van der Waals surface area contributed by atoms with E-state index in [2.05, 4.69) is 4.98 Å². The fourth-order valence-corrected chi connectivity index (χ4v) is 2.39. The molecule has 104 valence electrons. The molecule has 1 fully saturated rings. The molecule has 2 rings (SSSR count). The minimum atomic E-state index is -0.835. The highest BCUT2D eigenvalue weighted by Crippen LogP contribution is 2.27. The molecule has 9 heteroatoms. The number of hydrogen-bond donors (Lipinski definition) is 4. The Labute approximate surface area is 118 Å². The number of hydrogen-bond acceptors (Lipinski definition) is 6. The van der Waals surface area contributed by atoms with Crippen molar-refractivity contribution in [1.82, 2.24) is 9.55 Å². The Hall–Kier alpha value is -1.13. The van der Waals surface area contributed by atoms with Gasteiger partial charge in [-0.15, -0.1) is 0 Å². The summed E-state index contributed by atoms with van der Waals surface area (Å²) in [6.07, 6.45) is -0.654. The molecule has 0 amide bonds. The monoisotopic (exact) mass is 303 g/mol. The zero-order chi connectivity index (χ0) is 14.2. The molecule has 2 heterocycles. The van der Waals surface area contributed by atoms with E-state index in [1.807, 2.05) is 0 Å². The van der Waals surface area contributed by atoms with E-state index in [9.17, 15) is 9.90 Å². The van der Waals surface area contributed by atoms with Crippen LogP contribution in [0.4, 0.5) is 0 Å². The Bertz CT molecular complexity index is 612. The summed E-state index contributed by atoms with van der Waals surface area (Å²) in [6, 6.07) is 0. The van der Waals surface area contributed by atoms with Crippen LogP contribution in [0.2, 0.25) is 0 Å². The first kappa shape index (κ1) is 14.3. The summed E-state index contributed by atoms with van der Waals surface area (Å²) in [5.41, 5.74) is 5.38.